The van der Waals surface area contributed by atoms with Crippen molar-refractivity contribution in [1.82, 2.24) is 4.90 Å². The first-order chi connectivity index (χ1) is 4.79. The number of likely N-dealkylation sites (tertiary alicyclic amines) is 1. The van der Waals surface area contributed by atoms with Gasteiger partial charge in [-0.25, -0.2) is 0 Å². The van der Waals surface area contributed by atoms with Crippen molar-refractivity contribution in [3.05, 3.63) is 0 Å². The molecule has 0 saturated carbocycles. The van der Waals surface area contributed by atoms with Crippen molar-refractivity contribution in [3.8, 4) is 0 Å². The van der Waals surface area contributed by atoms with Gasteiger partial charge in [-0.1, -0.05) is 6.42 Å². The van der Waals surface area contributed by atoms with Gasteiger partial charge in [0, 0.05) is 0 Å². The fourth-order valence-electron chi connectivity index (χ4n) is 1.24. The second-order valence-electron chi connectivity index (χ2n) is 2.61. The third-order valence-corrected chi connectivity index (χ3v) is 2.31. The molecule has 4 heteroatoms. The molecule has 1 fully saturated rings. The SMILES string of the molecule is O=S([O-])CN1CCCCC1. The molecule has 0 N–H and O–H groups in total. The fraction of sp³-hybridized carbons (Fsp3) is 1.00. The van der Waals surface area contributed by atoms with Crippen LogP contribution in [0, 0.1) is 0 Å². The normalized spacial score (nSPS) is 24.5. The highest BCUT2D eigenvalue weighted by Gasteiger charge is 2.08. The summed E-state index contributed by atoms with van der Waals surface area (Å²) in [6.07, 6.45) is 3.55. The van der Waals surface area contributed by atoms with E-state index < -0.39 is 11.1 Å². The van der Waals surface area contributed by atoms with E-state index in [2.05, 4.69) is 0 Å². The van der Waals surface area contributed by atoms with Crippen LogP contribution in [0.3, 0.4) is 0 Å². The summed E-state index contributed by atoms with van der Waals surface area (Å²) >= 11 is -1.89. The smallest absolute Gasteiger partial charge is 0.0613 e. The van der Waals surface area contributed by atoms with E-state index in [1.807, 2.05) is 4.90 Å². The van der Waals surface area contributed by atoms with Gasteiger partial charge in [-0.2, -0.15) is 0 Å². The van der Waals surface area contributed by atoms with E-state index in [0.717, 1.165) is 25.9 Å². The van der Waals surface area contributed by atoms with Gasteiger partial charge in [0.1, 0.15) is 0 Å². The maximum Gasteiger partial charge on any atom is 0.0613 e. The van der Waals surface area contributed by atoms with Gasteiger partial charge in [0.05, 0.1) is 5.88 Å². The van der Waals surface area contributed by atoms with Crippen LogP contribution in [0.1, 0.15) is 19.3 Å². The van der Waals surface area contributed by atoms with E-state index in [9.17, 15) is 8.76 Å². The predicted molar refractivity (Wildman–Crippen MR) is 39.2 cm³/mol. The van der Waals surface area contributed by atoms with Crippen LogP contribution in [0.5, 0.6) is 0 Å². The summed E-state index contributed by atoms with van der Waals surface area (Å²) in [5, 5.41) is 0. The lowest BCUT2D eigenvalue weighted by atomic mass is 10.1. The van der Waals surface area contributed by atoms with E-state index in [1.54, 1.807) is 0 Å². The topological polar surface area (TPSA) is 43.4 Å². The summed E-state index contributed by atoms with van der Waals surface area (Å²) < 4.78 is 20.5. The second kappa shape index (κ2) is 4.05. The van der Waals surface area contributed by atoms with E-state index in [-0.39, 0.29) is 5.88 Å². The minimum absolute atomic E-state index is 0.222. The average molecular weight is 162 g/mol. The standard InChI is InChI=1S/C6H13NO2S/c8-10(9)6-7-4-2-1-3-5-7/h1-6H2,(H,8,9)/p-1. The van der Waals surface area contributed by atoms with Crippen LogP contribution in [-0.2, 0) is 11.1 Å². The summed E-state index contributed by atoms with van der Waals surface area (Å²) in [7, 11) is 0. The molecule has 1 unspecified atom stereocenters. The molecule has 10 heavy (non-hydrogen) atoms. The molecule has 3 nitrogen and oxygen atoms in total. The zero-order chi connectivity index (χ0) is 7.40. The number of hydrogen-bond donors (Lipinski definition) is 0. The predicted octanol–water partition coefficient (Wildman–Crippen LogP) is 0.309. The summed E-state index contributed by atoms with van der Waals surface area (Å²) in [4.78, 5) is 1.98. The average Bonchev–Trinajstić information content (AvgIpc) is 1.88. The van der Waals surface area contributed by atoms with Gasteiger partial charge in [-0.05, 0) is 37.0 Å². The molecule has 60 valence electrons. The largest absolute Gasteiger partial charge is 0.771 e. The number of nitrogens with zero attached hydrogens (tertiary/aromatic N) is 1. The first kappa shape index (κ1) is 8.17. The Kier molecular flexibility index (Phi) is 3.31. The van der Waals surface area contributed by atoms with Gasteiger partial charge in [0.15, 0.2) is 0 Å². The Morgan fingerprint density at radius 1 is 1.30 bits per heavy atom. The van der Waals surface area contributed by atoms with Crippen molar-refractivity contribution < 1.29 is 8.76 Å². The van der Waals surface area contributed by atoms with Gasteiger partial charge in [0.25, 0.3) is 0 Å². The van der Waals surface area contributed by atoms with Crippen molar-refractivity contribution in [1.29, 1.82) is 0 Å². The Morgan fingerprint density at radius 3 is 2.40 bits per heavy atom. The minimum atomic E-state index is -1.89. The second-order valence-corrected chi connectivity index (χ2v) is 3.48. The van der Waals surface area contributed by atoms with Crippen LogP contribution < -0.4 is 0 Å². The van der Waals surface area contributed by atoms with Crippen LogP contribution in [0.15, 0.2) is 0 Å². The highest BCUT2D eigenvalue weighted by atomic mass is 32.2. The van der Waals surface area contributed by atoms with Crippen LogP contribution >= 0.6 is 0 Å². The van der Waals surface area contributed by atoms with Crippen molar-refractivity contribution in [2.75, 3.05) is 19.0 Å². The third-order valence-electron chi connectivity index (χ3n) is 1.74. The molecule has 1 rings (SSSR count). The number of piperidine rings is 1. The van der Waals surface area contributed by atoms with Crippen molar-refractivity contribution in [2.24, 2.45) is 0 Å². The molecule has 0 aliphatic carbocycles. The molecule has 1 saturated heterocycles. The lowest BCUT2D eigenvalue weighted by molar-refractivity contribution is 0.259. The first-order valence-corrected chi connectivity index (χ1v) is 4.81. The maximum absolute atomic E-state index is 10.2. The van der Waals surface area contributed by atoms with E-state index in [1.165, 1.54) is 6.42 Å². The molecule has 1 heterocycles. The van der Waals surface area contributed by atoms with Gasteiger partial charge >= 0.3 is 0 Å². The summed E-state index contributed by atoms with van der Waals surface area (Å²) in [5.41, 5.74) is 0. The molecule has 0 aromatic heterocycles. The molecule has 0 aromatic carbocycles. The zero-order valence-electron chi connectivity index (χ0n) is 5.91. The first-order valence-electron chi connectivity index (χ1n) is 3.57. The van der Waals surface area contributed by atoms with E-state index >= 15 is 0 Å². The summed E-state index contributed by atoms with van der Waals surface area (Å²) in [6, 6.07) is 0. The highest BCUT2D eigenvalue weighted by molar-refractivity contribution is 7.79. The molecule has 1 aliphatic rings. The van der Waals surface area contributed by atoms with E-state index in [0.29, 0.717) is 0 Å². The molecule has 1 aliphatic heterocycles. The lowest BCUT2D eigenvalue weighted by Gasteiger charge is -2.26. The van der Waals surface area contributed by atoms with Gasteiger partial charge in [0.2, 0.25) is 0 Å². The van der Waals surface area contributed by atoms with Gasteiger partial charge < -0.3 is 4.55 Å². The highest BCUT2D eigenvalue weighted by Crippen LogP contribution is 2.07. The van der Waals surface area contributed by atoms with E-state index in [4.69, 9.17) is 0 Å². The maximum atomic E-state index is 10.2. The minimum Gasteiger partial charge on any atom is -0.771 e. The Bertz CT molecular complexity index is 123. The van der Waals surface area contributed by atoms with Gasteiger partial charge in [-0.3, -0.25) is 9.11 Å². The Morgan fingerprint density at radius 2 is 1.90 bits per heavy atom. The van der Waals surface area contributed by atoms with Crippen LogP contribution in [0.4, 0.5) is 0 Å². The fourth-order valence-corrected chi connectivity index (χ4v) is 1.79. The molecule has 0 aromatic rings. The van der Waals surface area contributed by atoms with Crippen LogP contribution in [0.2, 0.25) is 0 Å². The molecule has 0 radical (unpaired) electrons. The summed E-state index contributed by atoms with van der Waals surface area (Å²) in [6.45, 7) is 1.90. The molecule has 0 spiro atoms. The zero-order valence-corrected chi connectivity index (χ0v) is 6.73. The number of hydrogen-bond acceptors (Lipinski definition) is 3. The molecule has 0 bridgehead atoms. The molecule has 0 amide bonds. The Labute approximate surface area is 63.7 Å². The van der Waals surface area contributed by atoms with Crippen molar-refractivity contribution in [3.63, 3.8) is 0 Å². The lowest BCUT2D eigenvalue weighted by Crippen LogP contribution is -2.32. The quantitative estimate of drug-likeness (QED) is 0.549. The van der Waals surface area contributed by atoms with Crippen molar-refractivity contribution >= 4 is 11.1 Å². The number of rotatable bonds is 2. The summed E-state index contributed by atoms with van der Waals surface area (Å²) in [5.74, 6) is 0.222. The monoisotopic (exact) mass is 162 g/mol. The Balaban J connectivity index is 2.19. The third kappa shape index (κ3) is 2.77. The van der Waals surface area contributed by atoms with Crippen LogP contribution in [0.25, 0.3) is 0 Å². The molecular weight excluding hydrogens is 150 g/mol. The molecular formula is C6H12NO2S-. The van der Waals surface area contributed by atoms with Crippen molar-refractivity contribution in [2.45, 2.75) is 19.3 Å². The van der Waals surface area contributed by atoms with Crippen LogP contribution in [-0.4, -0.2) is 32.6 Å². The Hall–Kier alpha value is 0.0700. The van der Waals surface area contributed by atoms with Gasteiger partial charge in [-0.15, -0.1) is 0 Å². The molecule has 1 atom stereocenters.